The van der Waals surface area contributed by atoms with E-state index in [4.69, 9.17) is 0 Å². The van der Waals surface area contributed by atoms with Gasteiger partial charge in [0.05, 0.1) is 6.54 Å². The summed E-state index contributed by atoms with van der Waals surface area (Å²) in [6.07, 6.45) is 0.230. The van der Waals surface area contributed by atoms with Crippen LogP contribution in [0.1, 0.15) is 33.6 Å². The molecule has 1 rings (SSSR count). The molecule has 2 nitrogen and oxygen atoms in total. The minimum absolute atomic E-state index is 0.0696. The number of hydrogen-bond acceptors (Lipinski definition) is 1. The Kier molecular flexibility index (Phi) is 5.68. The summed E-state index contributed by atoms with van der Waals surface area (Å²) >= 11 is 0. The van der Waals surface area contributed by atoms with E-state index in [9.17, 15) is 9.18 Å². The van der Waals surface area contributed by atoms with Crippen LogP contribution in [0.15, 0.2) is 0 Å². The molecule has 0 aromatic heterocycles. The van der Waals surface area contributed by atoms with Crippen LogP contribution >= 0.6 is 0 Å². The zero-order chi connectivity index (χ0) is 9.56. The number of nitrogens with zero attached hydrogens (tertiary/aromatic N) is 1. The van der Waals surface area contributed by atoms with Crippen molar-refractivity contribution in [3.63, 3.8) is 0 Å². The Hall–Kier alpha value is -0.600. The normalized spacial score (nSPS) is 21.7. The fourth-order valence-corrected chi connectivity index (χ4v) is 1.17. The summed E-state index contributed by atoms with van der Waals surface area (Å²) in [5.41, 5.74) is 0. The number of rotatable bonds is 1. The summed E-state index contributed by atoms with van der Waals surface area (Å²) in [5, 5.41) is 0. The lowest BCUT2D eigenvalue weighted by molar-refractivity contribution is -0.129. The van der Waals surface area contributed by atoms with Crippen molar-refractivity contribution >= 4 is 5.91 Å². The number of alkyl halides is 1. The molecule has 1 aliphatic heterocycles. The van der Waals surface area contributed by atoms with E-state index in [-0.39, 0.29) is 5.91 Å². The molecule has 1 aliphatic rings. The van der Waals surface area contributed by atoms with Crippen LogP contribution < -0.4 is 0 Å². The average molecular weight is 175 g/mol. The molecule has 1 amide bonds. The van der Waals surface area contributed by atoms with Crippen molar-refractivity contribution in [1.82, 2.24) is 4.90 Å². The molecule has 1 saturated heterocycles. The number of amides is 1. The maximum atomic E-state index is 12.5. The lowest BCUT2D eigenvalue weighted by atomic mass is 10.3. The Morgan fingerprint density at radius 3 is 2.50 bits per heavy atom. The Morgan fingerprint density at radius 2 is 2.17 bits per heavy atom. The van der Waals surface area contributed by atoms with Gasteiger partial charge in [-0.15, -0.1) is 0 Å². The van der Waals surface area contributed by atoms with Crippen LogP contribution in [-0.2, 0) is 4.79 Å². The molecule has 0 N–H and O–H groups in total. The van der Waals surface area contributed by atoms with Crippen LogP contribution in [-0.4, -0.2) is 30.1 Å². The average Bonchev–Trinajstić information content (AvgIpc) is 2.54. The third-order valence-corrected chi connectivity index (χ3v) is 1.79. The van der Waals surface area contributed by atoms with Gasteiger partial charge in [-0.05, 0) is 6.42 Å². The largest absolute Gasteiger partial charge is 0.340 e. The minimum Gasteiger partial charge on any atom is -0.340 e. The molecule has 12 heavy (non-hydrogen) atoms. The van der Waals surface area contributed by atoms with Gasteiger partial charge in [0.1, 0.15) is 6.17 Å². The number of halogens is 1. The molecule has 3 heteroatoms. The smallest absolute Gasteiger partial charge is 0.222 e. The van der Waals surface area contributed by atoms with Crippen molar-refractivity contribution in [2.45, 2.75) is 39.8 Å². The second-order valence-corrected chi connectivity index (χ2v) is 2.58. The summed E-state index contributed by atoms with van der Waals surface area (Å²) in [7, 11) is 0. The first-order valence-electron chi connectivity index (χ1n) is 4.66. The van der Waals surface area contributed by atoms with Gasteiger partial charge in [-0.2, -0.15) is 0 Å². The van der Waals surface area contributed by atoms with Gasteiger partial charge in [0.2, 0.25) is 5.91 Å². The van der Waals surface area contributed by atoms with Crippen LogP contribution in [0.25, 0.3) is 0 Å². The monoisotopic (exact) mass is 175 g/mol. The molecule has 0 radical (unpaired) electrons. The first-order valence-corrected chi connectivity index (χ1v) is 4.66. The number of carbonyl (C=O) groups is 1. The molecule has 1 unspecified atom stereocenters. The lowest BCUT2D eigenvalue weighted by Crippen LogP contribution is -2.27. The van der Waals surface area contributed by atoms with Gasteiger partial charge in [-0.3, -0.25) is 4.79 Å². The van der Waals surface area contributed by atoms with Crippen LogP contribution in [0, 0.1) is 0 Å². The summed E-state index contributed by atoms with van der Waals surface area (Å²) in [4.78, 5) is 12.5. The van der Waals surface area contributed by atoms with Gasteiger partial charge in [-0.25, -0.2) is 4.39 Å². The van der Waals surface area contributed by atoms with E-state index in [0.29, 0.717) is 25.9 Å². The maximum Gasteiger partial charge on any atom is 0.222 e. The molecule has 1 heterocycles. The van der Waals surface area contributed by atoms with E-state index in [1.54, 1.807) is 11.8 Å². The standard InChI is InChI=1S/C7H12FNO.C2H6/c1-2-7(10)9-4-3-6(8)5-9;1-2/h6H,2-5H2,1H3;1-2H3. The molecule has 1 atom stereocenters. The Morgan fingerprint density at radius 1 is 1.58 bits per heavy atom. The van der Waals surface area contributed by atoms with E-state index < -0.39 is 6.17 Å². The highest BCUT2D eigenvalue weighted by atomic mass is 19.1. The van der Waals surface area contributed by atoms with Gasteiger partial charge in [0.15, 0.2) is 0 Å². The number of hydrogen-bond donors (Lipinski definition) is 0. The molecule has 0 saturated carbocycles. The molecule has 1 fully saturated rings. The van der Waals surface area contributed by atoms with Gasteiger partial charge in [-0.1, -0.05) is 20.8 Å². The highest BCUT2D eigenvalue weighted by molar-refractivity contribution is 5.76. The SMILES string of the molecule is CC.CCC(=O)N1CCC(F)C1. The first kappa shape index (κ1) is 11.4. The molecule has 0 aliphatic carbocycles. The van der Waals surface area contributed by atoms with E-state index in [1.807, 2.05) is 13.8 Å². The Balaban J connectivity index is 0.000000561. The molecule has 0 aromatic rings. The van der Waals surface area contributed by atoms with Crippen molar-refractivity contribution < 1.29 is 9.18 Å². The van der Waals surface area contributed by atoms with Gasteiger partial charge in [0.25, 0.3) is 0 Å². The second-order valence-electron chi connectivity index (χ2n) is 2.58. The highest BCUT2D eigenvalue weighted by Crippen LogP contribution is 2.12. The summed E-state index contributed by atoms with van der Waals surface area (Å²) in [5.74, 6) is 0.0696. The predicted octanol–water partition coefficient (Wildman–Crippen LogP) is 1.99. The van der Waals surface area contributed by atoms with Gasteiger partial charge in [0, 0.05) is 13.0 Å². The van der Waals surface area contributed by atoms with E-state index in [1.165, 1.54) is 0 Å². The third kappa shape index (κ3) is 3.20. The summed E-state index contributed by atoms with van der Waals surface area (Å²) in [6.45, 7) is 6.72. The maximum absolute atomic E-state index is 12.5. The molecular weight excluding hydrogens is 157 g/mol. The fraction of sp³-hybridized carbons (Fsp3) is 0.889. The van der Waals surface area contributed by atoms with Crippen LogP contribution in [0.2, 0.25) is 0 Å². The Labute approximate surface area is 73.7 Å². The van der Waals surface area contributed by atoms with E-state index in [2.05, 4.69) is 0 Å². The van der Waals surface area contributed by atoms with Crippen molar-refractivity contribution in [1.29, 1.82) is 0 Å². The number of likely N-dealkylation sites (tertiary alicyclic amines) is 1. The third-order valence-electron chi connectivity index (χ3n) is 1.79. The van der Waals surface area contributed by atoms with Crippen LogP contribution in [0.3, 0.4) is 0 Å². The van der Waals surface area contributed by atoms with Crippen molar-refractivity contribution in [2.24, 2.45) is 0 Å². The number of carbonyl (C=O) groups excluding carboxylic acids is 1. The zero-order valence-corrected chi connectivity index (χ0v) is 8.14. The van der Waals surface area contributed by atoms with Gasteiger partial charge >= 0.3 is 0 Å². The zero-order valence-electron chi connectivity index (χ0n) is 8.14. The fourth-order valence-electron chi connectivity index (χ4n) is 1.17. The lowest BCUT2D eigenvalue weighted by Gasteiger charge is -2.12. The van der Waals surface area contributed by atoms with Crippen molar-refractivity contribution in [3.05, 3.63) is 0 Å². The van der Waals surface area contributed by atoms with Crippen molar-refractivity contribution in [3.8, 4) is 0 Å². The minimum atomic E-state index is -0.782. The second kappa shape index (κ2) is 5.98. The predicted molar refractivity (Wildman–Crippen MR) is 47.7 cm³/mol. The summed E-state index contributed by atoms with van der Waals surface area (Å²) in [6, 6.07) is 0. The Bertz CT molecular complexity index is 138. The van der Waals surface area contributed by atoms with Crippen molar-refractivity contribution in [2.75, 3.05) is 13.1 Å². The molecular formula is C9H18FNO. The van der Waals surface area contributed by atoms with E-state index in [0.717, 1.165) is 0 Å². The summed E-state index contributed by atoms with van der Waals surface area (Å²) < 4.78 is 12.5. The van der Waals surface area contributed by atoms with Crippen LogP contribution in [0.5, 0.6) is 0 Å². The quantitative estimate of drug-likeness (QED) is 0.597. The van der Waals surface area contributed by atoms with Gasteiger partial charge < -0.3 is 4.90 Å². The van der Waals surface area contributed by atoms with Crippen LogP contribution in [0.4, 0.5) is 4.39 Å². The molecule has 72 valence electrons. The first-order chi connectivity index (χ1) is 5.74. The molecule has 0 aromatic carbocycles. The van der Waals surface area contributed by atoms with E-state index >= 15 is 0 Å². The molecule has 0 bridgehead atoms. The topological polar surface area (TPSA) is 20.3 Å². The molecule has 0 spiro atoms. The highest BCUT2D eigenvalue weighted by Gasteiger charge is 2.24.